The van der Waals surface area contributed by atoms with Gasteiger partial charge in [-0.2, -0.15) is 5.10 Å². The lowest BCUT2D eigenvalue weighted by atomic mass is 10.0. The van der Waals surface area contributed by atoms with Gasteiger partial charge in [-0.15, -0.1) is 0 Å². The van der Waals surface area contributed by atoms with Gasteiger partial charge in [0, 0.05) is 5.02 Å². The van der Waals surface area contributed by atoms with Crippen LogP contribution in [0.1, 0.15) is 36.3 Å². The van der Waals surface area contributed by atoms with Gasteiger partial charge in [0.2, 0.25) is 0 Å². The standard InChI is InChI=1S/C14H19ClN4/c1-3-6-16-13(14-17-9-18-19-14)8-11-5-4-10(2)7-12(11)15/h4-5,7,9,13,16H,3,6,8H2,1-2H3,(H,17,18,19). The number of nitrogens with one attached hydrogen (secondary N) is 2. The van der Waals surface area contributed by atoms with E-state index in [0.717, 1.165) is 35.8 Å². The molecule has 0 spiro atoms. The molecule has 1 aromatic carbocycles. The minimum atomic E-state index is 0.114. The molecule has 0 aliphatic carbocycles. The summed E-state index contributed by atoms with van der Waals surface area (Å²) in [5.41, 5.74) is 2.30. The number of rotatable bonds is 6. The predicted octanol–water partition coefficient (Wildman–Crippen LogP) is 3.05. The van der Waals surface area contributed by atoms with Crippen molar-refractivity contribution in [1.29, 1.82) is 0 Å². The van der Waals surface area contributed by atoms with Gasteiger partial charge in [-0.3, -0.25) is 5.10 Å². The van der Waals surface area contributed by atoms with Crippen LogP contribution in [0.25, 0.3) is 0 Å². The molecule has 1 aromatic heterocycles. The first kappa shape index (κ1) is 14.0. The number of aryl methyl sites for hydroxylation is 1. The van der Waals surface area contributed by atoms with E-state index < -0.39 is 0 Å². The third-order valence-corrected chi connectivity index (χ3v) is 3.39. The van der Waals surface area contributed by atoms with E-state index in [9.17, 15) is 0 Å². The van der Waals surface area contributed by atoms with Crippen molar-refractivity contribution in [2.75, 3.05) is 6.54 Å². The molecule has 0 aliphatic rings. The van der Waals surface area contributed by atoms with Crippen LogP contribution in [0.5, 0.6) is 0 Å². The van der Waals surface area contributed by atoms with Gasteiger partial charge in [0.25, 0.3) is 0 Å². The summed E-state index contributed by atoms with van der Waals surface area (Å²) in [6, 6.07) is 6.27. The minimum Gasteiger partial charge on any atom is -0.307 e. The quantitative estimate of drug-likeness (QED) is 0.854. The Hall–Kier alpha value is -1.39. The zero-order valence-corrected chi connectivity index (χ0v) is 12.0. The maximum atomic E-state index is 6.30. The Morgan fingerprint density at radius 3 is 2.89 bits per heavy atom. The lowest BCUT2D eigenvalue weighted by Gasteiger charge is -2.17. The molecule has 5 heteroatoms. The lowest BCUT2D eigenvalue weighted by Crippen LogP contribution is -2.25. The smallest absolute Gasteiger partial charge is 0.141 e. The summed E-state index contributed by atoms with van der Waals surface area (Å²) >= 11 is 6.30. The summed E-state index contributed by atoms with van der Waals surface area (Å²) in [5, 5.41) is 11.1. The Morgan fingerprint density at radius 1 is 1.42 bits per heavy atom. The summed E-state index contributed by atoms with van der Waals surface area (Å²) in [5.74, 6) is 0.852. The molecule has 1 heterocycles. The molecule has 0 bridgehead atoms. The van der Waals surface area contributed by atoms with Gasteiger partial charge in [-0.25, -0.2) is 4.98 Å². The van der Waals surface area contributed by atoms with Crippen molar-refractivity contribution in [2.45, 2.75) is 32.7 Å². The number of hydrogen-bond acceptors (Lipinski definition) is 3. The van der Waals surface area contributed by atoms with Crippen molar-refractivity contribution in [3.05, 3.63) is 46.5 Å². The Labute approximate surface area is 118 Å². The van der Waals surface area contributed by atoms with E-state index in [0.29, 0.717) is 0 Å². The molecule has 1 atom stereocenters. The van der Waals surface area contributed by atoms with Crippen molar-refractivity contribution in [2.24, 2.45) is 0 Å². The van der Waals surface area contributed by atoms with Crippen LogP contribution in [0.4, 0.5) is 0 Å². The van der Waals surface area contributed by atoms with Crippen LogP contribution in [0, 0.1) is 6.92 Å². The number of nitrogens with zero attached hydrogens (tertiary/aromatic N) is 2. The highest BCUT2D eigenvalue weighted by Crippen LogP contribution is 2.23. The Morgan fingerprint density at radius 2 is 2.26 bits per heavy atom. The second-order valence-corrected chi connectivity index (χ2v) is 5.08. The van der Waals surface area contributed by atoms with Crippen LogP contribution in [-0.2, 0) is 6.42 Å². The molecular weight excluding hydrogens is 260 g/mol. The van der Waals surface area contributed by atoms with Crippen molar-refractivity contribution >= 4 is 11.6 Å². The molecule has 19 heavy (non-hydrogen) atoms. The fraction of sp³-hybridized carbons (Fsp3) is 0.429. The monoisotopic (exact) mass is 278 g/mol. The first-order chi connectivity index (χ1) is 9.20. The van der Waals surface area contributed by atoms with E-state index in [4.69, 9.17) is 11.6 Å². The highest BCUT2D eigenvalue weighted by Gasteiger charge is 2.15. The van der Waals surface area contributed by atoms with Gasteiger partial charge in [0.1, 0.15) is 12.2 Å². The predicted molar refractivity (Wildman–Crippen MR) is 77.3 cm³/mol. The summed E-state index contributed by atoms with van der Waals surface area (Å²) < 4.78 is 0. The first-order valence-corrected chi connectivity index (χ1v) is 6.92. The van der Waals surface area contributed by atoms with Crippen molar-refractivity contribution in [3.63, 3.8) is 0 Å². The van der Waals surface area contributed by atoms with Crippen molar-refractivity contribution in [1.82, 2.24) is 20.5 Å². The zero-order chi connectivity index (χ0) is 13.7. The second kappa shape index (κ2) is 6.68. The maximum Gasteiger partial charge on any atom is 0.141 e. The SMILES string of the molecule is CCCNC(Cc1ccc(C)cc1Cl)c1ncn[nH]1. The van der Waals surface area contributed by atoms with Gasteiger partial charge >= 0.3 is 0 Å². The van der Waals surface area contributed by atoms with Crippen molar-refractivity contribution < 1.29 is 0 Å². The van der Waals surface area contributed by atoms with Gasteiger partial charge in [0.15, 0.2) is 0 Å². The molecule has 1 unspecified atom stereocenters. The van der Waals surface area contributed by atoms with E-state index >= 15 is 0 Å². The molecule has 0 saturated carbocycles. The zero-order valence-electron chi connectivity index (χ0n) is 11.3. The summed E-state index contributed by atoms with van der Waals surface area (Å²) in [7, 11) is 0. The maximum absolute atomic E-state index is 6.30. The molecule has 2 N–H and O–H groups in total. The third kappa shape index (κ3) is 3.78. The Kier molecular flexibility index (Phi) is 4.93. The number of halogens is 1. The first-order valence-electron chi connectivity index (χ1n) is 6.54. The van der Waals surface area contributed by atoms with Crippen LogP contribution >= 0.6 is 11.6 Å². The number of H-pyrrole nitrogens is 1. The van der Waals surface area contributed by atoms with Gasteiger partial charge in [-0.05, 0) is 43.5 Å². The van der Waals surface area contributed by atoms with Crippen LogP contribution < -0.4 is 5.32 Å². The lowest BCUT2D eigenvalue weighted by molar-refractivity contribution is 0.506. The number of aromatic amines is 1. The third-order valence-electron chi connectivity index (χ3n) is 3.04. The van der Waals surface area contributed by atoms with Gasteiger partial charge in [-0.1, -0.05) is 30.7 Å². The summed E-state index contributed by atoms with van der Waals surface area (Å²) in [4.78, 5) is 4.24. The molecule has 0 radical (unpaired) electrons. The van der Waals surface area contributed by atoms with Gasteiger partial charge in [0.05, 0.1) is 6.04 Å². The average Bonchev–Trinajstić information content (AvgIpc) is 2.90. The van der Waals surface area contributed by atoms with Crippen LogP contribution in [-0.4, -0.2) is 21.7 Å². The largest absolute Gasteiger partial charge is 0.307 e. The van der Waals surface area contributed by atoms with E-state index in [1.54, 1.807) is 0 Å². The minimum absolute atomic E-state index is 0.114. The molecule has 0 amide bonds. The highest BCUT2D eigenvalue weighted by molar-refractivity contribution is 6.31. The molecule has 102 valence electrons. The summed E-state index contributed by atoms with van der Waals surface area (Å²) in [6.07, 6.45) is 3.41. The van der Waals surface area contributed by atoms with E-state index in [-0.39, 0.29) is 6.04 Å². The molecule has 2 aromatic rings. The fourth-order valence-electron chi connectivity index (χ4n) is 2.00. The van der Waals surface area contributed by atoms with Crippen LogP contribution in [0.15, 0.2) is 24.5 Å². The Bertz CT molecular complexity index is 510. The number of hydrogen-bond donors (Lipinski definition) is 2. The van der Waals surface area contributed by atoms with Crippen LogP contribution in [0.3, 0.4) is 0 Å². The van der Waals surface area contributed by atoms with Gasteiger partial charge < -0.3 is 5.32 Å². The average molecular weight is 279 g/mol. The Balaban J connectivity index is 2.15. The molecule has 0 aliphatic heterocycles. The number of aromatic nitrogens is 3. The molecule has 2 rings (SSSR count). The topological polar surface area (TPSA) is 53.6 Å². The van der Waals surface area contributed by atoms with Crippen LogP contribution in [0.2, 0.25) is 5.02 Å². The molecule has 0 fully saturated rings. The summed E-state index contributed by atoms with van der Waals surface area (Å²) in [6.45, 7) is 5.12. The highest BCUT2D eigenvalue weighted by atomic mass is 35.5. The molecular formula is C14H19ClN4. The van der Waals surface area contributed by atoms with Crippen molar-refractivity contribution in [3.8, 4) is 0 Å². The van der Waals surface area contributed by atoms with E-state index in [1.807, 2.05) is 13.0 Å². The normalized spacial score (nSPS) is 12.6. The molecule has 0 saturated heterocycles. The van der Waals surface area contributed by atoms with E-state index in [1.165, 1.54) is 11.9 Å². The molecule has 4 nitrogen and oxygen atoms in total. The second-order valence-electron chi connectivity index (χ2n) is 4.68. The number of benzene rings is 1. The van der Waals surface area contributed by atoms with E-state index in [2.05, 4.69) is 39.6 Å². The fourth-order valence-corrected chi connectivity index (χ4v) is 2.32.